The Morgan fingerprint density at radius 2 is 1.90 bits per heavy atom. The van der Waals surface area contributed by atoms with Crippen molar-refractivity contribution in [3.8, 4) is 0 Å². The minimum atomic E-state index is -2.95. The summed E-state index contributed by atoms with van der Waals surface area (Å²) in [4.78, 5) is 4.05. The molecule has 0 saturated carbocycles. The zero-order valence-corrected chi connectivity index (χ0v) is 15.2. The first-order valence-corrected chi connectivity index (χ1v) is 8.15. The number of sulfone groups is 1. The Morgan fingerprint density at radius 1 is 1.25 bits per heavy atom. The summed E-state index contributed by atoms with van der Waals surface area (Å²) in [6, 6.07) is 8.09. The van der Waals surface area contributed by atoms with Crippen LogP contribution in [0.2, 0.25) is 0 Å². The Kier molecular flexibility index (Phi) is 8.79. The molecule has 0 heterocycles. The normalized spacial score (nSPS) is 11.7. The number of nitrogens with zero attached hydrogens (tertiary/aromatic N) is 1. The van der Waals surface area contributed by atoms with Crippen molar-refractivity contribution in [2.45, 2.75) is 13.5 Å². The fourth-order valence-corrected chi connectivity index (χ4v) is 2.04. The van der Waals surface area contributed by atoms with Crippen LogP contribution in [0.4, 0.5) is 0 Å². The van der Waals surface area contributed by atoms with Gasteiger partial charge in [0.05, 0.1) is 5.75 Å². The van der Waals surface area contributed by atoms with Crippen molar-refractivity contribution in [2.24, 2.45) is 4.99 Å². The number of nitrogens with one attached hydrogen (secondary N) is 2. The molecule has 20 heavy (non-hydrogen) atoms. The van der Waals surface area contributed by atoms with Gasteiger partial charge in [0.2, 0.25) is 0 Å². The van der Waals surface area contributed by atoms with E-state index in [4.69, 9.17) is 0 Å². The molecule has 5 nitrogen and oxygen atoms in total. The summed E-state index contributed by atoms with van der Waals surface area (Å²) in [6.45, 7) is 3.06. The molecule has 0 unspecified atom stereocenters. The molecule has 0 radical (unpaired) electrons. The second-order valence-corrected chi connectivity index (χ2v) is 6.67. The lowest BCUT2D eigenvalue weighted by Gasteiger charge is -2.12. The maximum absolute atomic E-state index is 11.0. The highest BCUT2D eigenvalue weighted by Gasteiger charge is 2.03. The van der Waals surface area contributed by atoms with E-state index in [1.54, 1.807) is 7.05 Å². The van der Waals surface area contributed by atoms with Crippen molar-refractivity contribution in [1.29, 1.82) is 0 Å². The second-order valence-electron chi connectivity index (χ2n) is 4.41. The summed E-state index contributed by atoms with van der Waals surface area (Å²) in [7, 11) is -1.29. The number of guanidine groups is 1. The Labute approximate surface area is 138 Å². The Bertz CT molecular complexity index is 544. The number of hydrogen-bond donors (Lipinski definition) is 2. The van der Waals surface area contributed by atoms with Crippen molar-refractivity contribution in [1.82, 2.24) is 10.6 Å². The molecular formula is C13H22IN3O2S. The van der Waals surface area contributed by atoms with Crippen molar-refractivity contribution in [2.75, 3.05) is 25.6 Å². The van der Waals surface area contributed by atoms with Crippen LogP contribution >= 0.6 is 24.0 Å². The highest BCUT2D eigenvalue weighted by atomic mass is 127. The predicted molar refractivity (Wildman–Crippen MR) is 94.5 cm³/mol. The van der Waals surface area contributed by atoms with E-state index < -0.39 is 9.84 Å². The van der Waals surface area contributed by atoms with Crippen LogP contribution in [0.5, 0.6) is 0 Å². The number of aryl methyl sites for hydroxylation is 1. The molecule has 0 amide bonds. The zero-order valence-electron chi connectivity index (χ0n) is 12.0. The highest BCUT2D eigenvalue weighted by molar-refractivity contribution is 14.0. The van der Waals surface area contributed by atoms with Gasteiger partial charge in [-0.25, -0.2) is 8.42 Å². The molecule has 2 N–H and O–H groups in total. The first-order valence-electron chi connectivity index (χ1n) is 6.09. The minimum absolute atomic E-state index is 0. The van der Waals surface area contributed by atoms with Gasteiger partial charge in [-0.15, -0.1) is 24.0 Å². The van der Waals surface area contributed by atoms with Crippen molar-refractivity contribution in [3.05, 3.63) is 35.4 Å². The quantitative estimate of drug-likeness (QED) is 0.436. The molecule has 1 aromatic carbocycles. The summed E-state index contributed by atoms with van der Waals surface area (Å²) < 4.78 is 22.0. The summed E-state index contributed by atoms with van der Waals surface area (Å²) in [5.41, 5.74) is 2.40. The molecule has 1 aromatic rings. The van der Waals surface area contributed by atoms with Crippen LogP contribution in [-0.4, -0.2) is 40.0 Å². The number of rotatable bonds is 5. The van der Waals surface area contributed by atoms with Crippen LogP contribution in [0, 0.1) is 6.92 Å². The van der Waals surface area contributed by atoms with E-state index in [2.05, 4.69) is 28.6 Å². The van der Waals surface area contributed by atoms with Gasteiger partial charge < -0.3 is 10.6 Å². The van der Waals surface area contributed by atoms with Crippen LogP contribution < -0.4 is 10.6 Å². The maximum atomic E-state index is 11.0. The summed E-state index contributed by atoms with van der Waals surface area (Å²) in [6.07, 6.45) is 1.22. The monoisotopic (exact) mass is 411 g/mol. The lowest BCUT2D eigenvalue weighted by atomic mass is 10.1. The molecule has 0 aromatic heterocycles. The summed E-state index contributed by atoms with van der Waals surface area (Å²) in [5, 5.41) is 6.13. The number of benzene rings is 1. The third-order valence-electron chi connectivity index (χ3n) is 2.70. The molecule has 0 aliphatic carbocycles. The molecule has 1 rings (SSSR count). The maximum Gasteiger partial charge on any atom is 0.191 e. The predicted octanol–water partition coefficient (Wildman–Crippen LogP) is 1.32. The van der Waals surface area contributed by atoms with Gasteiger partial charge in [0, 0.05) is 26.4 Å². The van der Waals surface area contributed by atoms with Crippen LogP contribution in [0.25, 0.3) is 0 Å². The third kappa shape index (κ3) is 7.68. The number of halogens is 1. The molecule has 114 valence electrons. The zero-order chi connectivity index (χ0) is 14.3. The molecule has 0 atom stereocenters. The molecule has 0 saturated heterocycles. The Hall–Kier alpha value is -0.830. The van der Waals surface area contributed by atoms with Gasteiger partial charge in [0.15, 0.2) is 5.96 Å². The van der Waals surface area contributed by atoms with Gasteiger partial charge in [-0.05, 0) is 18.1 Å². The molecule has 7 heteroatoms. The fourth-order valence-electron chi connectivity index (χ4n) is 1.56. The van der Waals surface area contributed by atoms with Crippen molar-refractivity contribution in [3.63, 3.8) is 0 Å². The van der Waals surface area contributed by atoms with Crippen LogP contribution in [0.3, 0.4) is 0 Å². The Morgan fingerprint density at radius 3 is 2.45 bits per heavy atom. The first kappa shape index (κ1) is 19.2. The van der Waals surface area contributed by atoms with Crippen LogP contribution in [0.15, 0.2) is 29.3 Å². The SMILES string of the molecule is CN=C(NCCS(C)(=O)=O)NCc1ccccc1C.I. The summed E-state index contributed by atoms with van der Waals surface area (Å²) in [5.74, 6) is 0.699. The molecule has 0 spiro atoms. The molecule has 0 fully saturated rings. The molecule has 0 bridgehead atoms. The largest absolute Gasteiger partial charge is 0.355 e. The van der Waals surface area contributed by atoms with E-state index >= 15 is 0 Å². The standard InChI is InChI=1S/C13H21N3O2S.HI/c1-11-6-4-5-7-12(11)10-16-13(14-2)15-8-9-19(3,17)18;/h4-7H,8-10H2,1-3H3,(H2,14,15,16);1H. The first-order chi connectivity index (χ1) is 8.92. The smallest absolute Gasteiger partial charge is 0.191 e. The van der Waals surface area contributed by atoms with Crippen molar-refractivity contribution < 1.29 is 8.42 Å². The lowest BCUT2D eigenvalue weighted by molar-refractivity contribution is 0.600. The average molecular weight is 411 g/mol. The van der Waals surface area contributed by atoms with Crippen LogP contribution in [0.1, 0.15) is 11.1 Å². The molecule has 0 aliphatic heterocycles. The van der Waals surface area contributed by atoms with Gasteiger partial charge >= 0.3 is 0 Å². The molecule has 0 aliphatic rings. The van der Waals surface area contributed by atoms with E-state index in [9.17, 15) is 8.42 Å². The van der Waals surface area contributed by atoms with Gasteiger partial charge in [0.25, 0.3) is 0 Å². The third-order valence-corrected chi connectivity index (χ3v) is 3.64. The van der Waals surface area contributed by atoms with E-state index in [1.807, 2.05) is 18.2 Å². The molecular weight excluding hydrogens is 389 g/mol. The van der Waals surface area contributed by atoms with Gasteiger partial charge in [-0.3, -0.25) is 4.99 Å². The minimum Gasteiger partial charge on any atom is -0.355 e. The van der Waals surface area contributed by atoms with Crippen molar-refractivity contribution >= 4 is 39.8 Å². The van der Waals surface area contributed by atoms with Crippen LogP contribution in [-0.2, 0) is 16.4 Å². The lowest BCUT2D eigenvalue weighted by Crippen LogP contribution is -2.39. The second kappa shape index (κ2) is 9.17. The van der Waals surface area contributed by atoms with E-state index in [-0.39, 0.29) is 29.7 Å². The Balaban J connectivity index is 0.00000361. The highest BCUT2D eigenvalue weighted by Crippen LogP contribution is 2.05. The van der Waals surface area contributed by atoms with E-state index in [0.717, 1.165) is 0 Å². The van der Waals surface area contributed by atoms with Gasteiger partial charge in [-0.1, -0.05) is 24.3 Å². The van der Waals surface area contributed by atoms with E-state index in [0.29, 0.717) is 19.0 Å². The number of aliphatic imine (C=N–C) groups is 1. The van der Waals surface area contributed by atoms with E-state index in [1.165, 1.54) is 17.4 Å². The van der Waals surface area contributed by atoms with Gasteiger partial charge in [-0.2, -0.15) is 0 Å². The topological polar surface area (TPSA) is 70.6 Å². The van der Waals surface area contributed by atoms with Gasteiger partial charge in [0.1, 0.15) is 9.84 Å². The average Bonchev–Trinajstić information content (AvgIpc) is 2.34. The fraction of sp³-hybridized carbons (Fsp3) is 0.462. The number of hydrogen-bond acceptors (Lipinski definition) is 3. The summed E-state index contributed by atoms with van der Waals surface area (Å²) >= 11 is 0.